The summed E-state index contributed by atoms with van der Waals surface area (Å²) >= 11 is 0. The number of ether oxygens (including phenoxy) is 1. The highest BCUT2D eigenvalue weighted by Crippen LogP contribution is 2.39. The van der Waals surface area contributed by atoms with Gasteiger partial charge in [-0.05, 0) is 50.5 Å². The molecule has 1 aromatic carbocycles. The number of oxime groups is 1. The molecule has 11 heteroatoms. The Morgan fingerprint density at radius 1 is 1.25 bits per heavy atom. The van der Waals surface area contributed by atoms with Gasteiger partial charge < -0.3 is 24.1 Å². The van der Waals surface area contributed by atoms with E-state index in [-0.39, 0.29) is 5.75 Å². The van der Waals surface area contributed by atoms with Gasteiger partial charge in [0.2, 0.25) is 0 Å². The van der Waals surface area contributed by atoms with Crippen LogP contribution in [0.3, 0.4) is 0 Å². The summed E-state index contributed by atoms with van der Waals surface area (Å²) < 4.78 is 45.6. The molecule has 1 spiro atoms. The van der Waals surface area contributed by atoms with Crippen LogP contribution in [0.1, 0.15) is 38.7 Å². The van der Waals surface area contributed by atoms with Crippen molar-refractivity contribution in [3.63, 3.8) is 0 Å². The minimum atomic E-state index is -4.41. The number of nitrogens with zero attached hydrogens (tertiary/aromatic N) is 4. The number of rotatable bonds is 6. The summed E-state index contributed by atoms with van der Waals surface area (Å²) in [5.74, 6) is 0.352. The highest BCUT2D eigenvalue weighted by Gasteiger charge is 2.51. The first-order chi connectivity index (χ1) is 17.0. The topological polar surface area (TPSA) is 79.5 Å². The fourth-order valence-corrected chi connectivity index (χ4v) is 5.42. The zero-order valence-corrected chi connectivity index (χ0v) is 20.5. The smallest absolute Gasteiger partial charge is 0.422 e. The summed E-state index contributed by atoms with van der Waals surface area (Å²) in [5.41, 5.74) is 0.643. The number of hydrogen-bond acceptors (Lipinski definition) is 6. The summed E-state index contributed by atoms with van der Waals surface area (Å²) in [4.78, 5) is 21.7. The Bertz CT molecular complexity index is 1180. The molecule has 0 aliphatic carbocycles. The minimum Gasteiger partial charge on any atom is -0.483 e. The van der Waals surface area contributed by atoms with Gasteiger partial charge in [0.15, 0.2) is 12.2 Å². The molecule has 3 aliphatic heterocycles. The summed E-state index contributed by atoms with van der Waals surface area (Å²) in [6.07, 6.45) is -0.733. The molecule has 2 fully saturated rings. The van der Waals surface area contributed by atoms with Crippen LogP contribution in [-0.2, 0) is 22.7 Å². The third-order valence-corrected chi connectivity index (χ3v) is 7.65. The third kappa shape index (κ3) is 4.72. The van der Waals surface area contributed by atoms with Crippen LogP contribution in [0.2, 0.25) is 0 Å². The molecular weight excluding hydrogens is 477 g/mol. The normalized spacial score (nSPS) is 21.4. The SMILES string of the molecule is CCn1ccc2c(OCC(F)(F)F)cc(CN3CC4(CC(N5CCC(C)(C(=O)O)CC5)=NO4)C3)cc21. The summed E-state index contributed by atoms with van der Waals surface area (Å²) in [7, 11) is 0. The van der Waals surface area contributed by atoms with E-state index in [2.05, 4.69) is 15.0 Å². The Morgan fingerprint density at radius 2 is 1.97 bits per heavy atom. The number of carboxylic acid groups (broad SMARTS) is 1. The lowest BCUT2D eigenvalue weighted by atomic mass is 9.80. The van der Waals surface area contributed by atoms with E-state index in [9.17, 15) is 23.1 Å². The van der Waals surface area contributed by atoms with Crippen molar-refractivity contribution in [2.24, 2.45) is 10.6 Å². The summed E-state index contributed by atoms with van der Waals surface area (Å²) in [6.45, 7) is 6.32. The lowest BCUT2D eigenvalue weighted by molar-refractivity contribution is -0.153. The van der Waals surface area contributed by atoms with Gasteiger partial charge in [-0.1, -0.05) is 5.16 Å². The molecule has 0 amide bonds. The van der Waals surface area contributed by atoms with Crippen LogP contribution in [0.5, 0.6) is 5.75 Å². The minimum absolute atomic E-state index is 0.239. The average Bonchev–Trinajstić information content (AvgIpc) is 3.42. The number of hydrogen-bond donors (Lipinski definition) is 1. The van der Waals surface area contributed by atoms with Crippen LogP contribution in [0.15, 0.2) is 29.6 Å². The lowest BCUT2D eigenvalue weighted by Crippen LogP contribution is -2.61. The fraction of sp³-hybridized carbons (Fsp3) is 0.600. The largest absolute Gasteiger partial charge is 0.483 e. The van der Waals surface area contributed by atoms with Gasteiger partial charge in [-0.25, -0.2) is 0 Å². The second kappa shape index (κ2) is 8.86. The first-order valence-electron chi connectivity index (χ1n) is 12.3. The monoisotopic (exact) mass is 508 g/mol. The number of piperidine rings is 1. The zero-order valence-electron chi connectivity index (χ0n) is 20.5. The Balaban J connectivity index is 1.21. The first kappa shape index (κ1) is 24.7. The van der Waals surface area contributed by atoms with Crippen molar-refractivity contribution < 1.29 is 32.6 Å². The Hall–Kier alpha value is -2.95. The van der Waals surface area contributed by atoms with Crippen LogP contribution in [-0.4, -0.2) is 75.8 Å². The second-order valence-electron chi connectivity index (χ2n) is 10.5. The predicted octanol–water partition coefficient (Wildman–Crippen LogP) is 4.08. The molecule has 2 aromatic rings. The molecule has 8 nitrogen and oxygen atoms in total. The van der Waals surface area contributed by atoms with E-state index in [0.29, 0.717) is 63.9 Å². The number of likely N-dealkylation sites (tertiary alicyclic amines) is 2. The lowest BCUT2D eigenvalue weighted by Gasteiger charge is -2.45. The molecule has 196 valence electrons. The van der Waals surface area contributed by atoms with E-state index in [0.717, 1.165) is 16.9 Å². The zero-order chi connectivity index (χ0) is 25.7. The van der Waals surface area contributed by atoms with E-state index < -0.39 is 29.8 Å². The first-order valence-corrected chi connectivity index (χ1v) is 12.3. The Labute approximate surface area is 207 Å². The number of fused-ring (bicyclic) bond motifs is 1. The van der Waals surface area contributed by atoms with Gasteiger partial charge in [-0.15, -0.1) is 0 Å². The molecule has 5 rings (SSSR count). The van der Waals surface area contributed by atoms with Crippen LogP contribution >= 0.6 is 0 Å². The maximum atomic E-state index is 12.8. The van der Waals surface area contributed by atoms with Crippen LogP contribution in [0.25, 0.3) is 10.9 Å². The van der Waals surface area contributed by atoms with Gasteiger partial charge in [0, 0.05) is 50.9 Å². The van der Waals surface area contributed by atoms with Crippen molar-refractivity contribution in [2.75, 3.05) is 32.8 Å². The van der Waals surface area contributed by atoms with Gasteiger partial charge in [0.05, 0.1) is 17.4 Å². The van der Waals surface area contributed by atoms with Crippen molar-refractivity contribution in [3.8, 4) is 5.75 Å². The van der Waals surface area contributed by atoms with Crippen molar-refractivity contribution in [1.82, 2.24) is 14.4 Å². The van der Waals surface area contributed by atoms with E-state index in [1.165, 1.54) is 0 Å². The number of halogens is 3. The molecule has 1 aromatic heterocycles. The molecular formula is C25H31F3N4O4. The fourth-order valence-electron chi connectivity index (χ4n) is 5.42. The second-order valence-corrected chi connectivity index (χ2v) is 10.5. The number of alkyl halides is 3. The van der Waals surface area contributed by atoms with Gasteiger partial charge in [0.25, 0.3) is 0 Å². The van der Waals surface area contributed by atoms with Gasteiger partial charge >= 0.3 is 12.1 Å². The van der Waals surface area contributed by atoms with Crippen molar-refractivity contribution in [3.05, 3.63) is 30.0 Å². The molecule has 0 bridgehead atoms. The molecule has 36 heavy (non-hydrogen) atoms. The molecule has 0 unspecified atom stereocenters. The van der Waals surface area contributed by atoms with E-state index >= 15 is 0 Å². The van der Waals surface area contributed by atoms with Crippen LogP contribution in [0, 0.1) is 5.41 Å². The average molecular weight is 509 g/mol. The van der Waals surface area contributed by atoms with Gasteiger partial charge in [0.1, 0.15) is 11.6 Å². The molecule has 3 aliphatic rings. The molecule has 0 saturated carbocycles. The molecule has 0 atom stereocenters. The van der Waals surface area contributed by atoms with Crippen LogP contribution < -0.4 is 4.74 Å². The number of carboxylic acids is 1. The number of aryl methyl sites for hydroxylation is 1. The Morgan fingerprint density at radius 3 is 2.61 bits per heavy atom. The van der Waals surface area contributed by atoms with Crippen molar-refractivity contribution in [2.45, 2.75) is 58.0 Å². The number of benzene rings is 1. The number of amidine groups is 1. The van der Waals surface area contributed by atoms with E-state index in [4.69, 9.17) is 9.57 Å². The van der Waals surface area contributed by atoms with E-state index in [1.807, 2.05) is 23.8 Å². The summed E-state index contributed by atoms with van der Waals surface area (Å²) in [6, 6.07) is 5.50. The molecule has 2 saturated heterocycles. The standard InChI is InChI=1S/C25H31F3N4O4/c1-3-31-7-4-18-19(31)10-17(11-20(18)35-16-25(26,27)28)13-30-14-24(15-30)12-21(29-36-24)32-8-5-23(2,6-9-32)22(33)34/h4,7,10-11H,3,5-6,8-9,12-16H2,1-2H3,(H,33,34). The van der Waals surface area contributed by atoms with Crippen molar-refractivity contribution >= 4 is 22.7 Å². The van der Waals surface area contributed by atoms with Gasteiger partial charge in [-0.2, -0.15) is 13.2 Å². The number of aromatic nitrogens is 1. The Kier molecular flexibility index (Phi) is 6.09. The quantitative estimate of drug-likeness (QED) is 0.634. The highest BCUT2D eigenvalue weighted by atomic mass is 19.4. The summed E-state index contributed by atoms with van der Waals surface area (Å²) in [5, 5.41) is 14.4. The van der Waals surface area contributed by atoms with Crippen molar-refractivity contribution in [1.29, 1.82) is 0 Å². The number of aliphatic carboxylic acids is 1. The highest BCUT2D eigenvalue weighted by molar-refractivity contribution is 5.87. The predicted molar refractivity (Wildman–Crippen MR) is 127 cm³/mol. The molecule has 4 heterocycles. The third-order valence-electron chi connectivity index (χ3n) is 7.65. The maximum absolute atomic E-state index is 12.8. The molecule has 1 N–H and O–H groups in total. The van der Waals surface area contributed by atoms with Gasteiger partial charge in [-0.3, -0.25) is 9.69 Å². The van der Waals surface area contributed by atoms with E-state index in [1.54, 1.807) is 19.1 Å². The maximum Gasteiger partial charge on any atom is 0.422 e. The van der Waals surface area contributed by atoms with Crippen LogP contribution in [0.4, 0.5) is 13.2 Å². The molecule has 0 radical (unpaired) electrons. The number of carbonyl (C=O) groups is 1.